The number of ether oxygens (including phenoxy) is 2. The van der Waals surface area contributed by atoms with E-state index in [0.717, 1.165) is 6.07 Å². The molecule has 94 valence electrons. The van der Waals surface area contributed by atoms with Gasteiger partial charge < -0.3 is 19.4 Å². The van der Waals surface area contributed by atoms with Crippen molar-refractivity contribution in [2.24, 2.45) is 0 Å². The van der Waals surface area contributed by atoms with E-state index in [-0.39, 0.29) is 5.75 Å². The lowest BCUT2D eigenvalue weighted by molar-refractivity contribution is -0.255. The summed E-state index contributed by atoms with van der Waals surface area (Å²) in [5.41, 5.74) is -0.492. The molecule has 0 aliphatic heterocycles. The van der Waals surface area contributed by atoms with E-state index in [1.807, 2.05) is 0 Å². The summed E-state index contributed by atoms with van der Waals surface area (Å²) in [6, 6.07) is 3.67. The van der Waals surface area contributed by atoms with Crippen LogP contribution >= 0.6 is 0 Å². The predicted molar refractivity (Wildman–Crippen MR) is 48.9 cm³/mol. The van der Waals surface area contributed by atoms with Gasteiger partial charge in [-0.1, -0.05) is 6.07 Å². The number of methoxy groups -OCH3 is 1. The van der Waals surface area contributed by atoms with Crippen molar-refractivity contribution in [3.8, 4) is 11.5 Å². The number of rotatable bonds is 4. The number of benzene rings is 1. The molecule has 0 N–H and O–H groups in total. The van der Waals surface area contributed by atoms with Gasteiger partial charge in [0.2, 0.25) is 0 Å². The summed E-state index contributed by atoms with van der Waals surface area (Å²) in [6.45, 7) is -1.60. The molecule has 0 unspecified atom stereocenters. The first-order chi connectivity index (χ1) is 7.85. The van der Waals surface area contributed by atoms with Crippen molar-refractivity contribution in [2.45, 2.75) is 6.18 Å². The van der Waals surface area contributed by atoms with E-state index >= 15 is 0 Å². The average molecular weight is 249 g/mol. The van der Waals surface area contributed by atoms with Crippen molar-refractivity contribution < 1.29 is 32.5 Å². The molecular formula is C10H8F3O4-. The summed E-state index contributed by atoms with van der Waals surface area (Å²) in [5, 5.41) is 10.7. The average Bonchev–Trinajstić information content (AvgIpc) is 2.24. The molecule has 0 fully saturated rings. The highest BCUT2D eigenvalue weighted by Crippen LogP contribution is 2.32. The fraction of sp³-hybridized carbons (Fsp3) is 0.300. The highest BCUT2D eigenvalue weighted by atomic mass is 19.4. The van der Waals surface area contributed by atoms with Crippen LogP contribution in [0.4, 0.5) is 13.2 Å². The number of aromatic carboxylic acids is 1. The van der Waals surface area contributed by atoms with E-state index in [4.69, 9.17) is 4.74 Å². The minimum atomic E-state index is -4.57. The lowest BCUT2D eigenvalue weighted by Crippen LogP contribution is -2.25. The highest BCUT2D eigenvalue weighted by Gasteiger charge is 2.29. The maximum absolute atomic E-state index is 12.0. The molecule has 1 aromatic carbocycles. The number of carboxylic acid groups (broad SMARTS) is 1. The summed E-state index contributed by atoms with van der Waals surface area (Å²) in [6.07, 6.45) is -4.57. The molecule has 0 bridgehead atoms. The zero-order valence-corrected chi connectivity index (χ0v) is 8.71. The fourth-order valence-corrected chi connectivity index (χ4v) is 1.14. The quantitative estimate of drug-likeness (QED) is 0.798. The minimum Gasteiger partial charge on any atom is -0.545 e. The number of carboxylic acids is 1. The van der Waals surface area contributed by atoms with E-state index in [2.05, 4.69) is 4.74 Å². The fourth-order valence-electron chi connectivity index (χ4n) is 1.14. The van der Waals surface area contributed by atoms with Crippen molar-refractivity contribution in [2.75, 3.05) is 13.7 Å². The Morgan fingerprint density at radius 3 is 2.53 bits per heavy atom. The second kappa shape index (κ2) is 4.94. The molecule has 0 radical (unpaired) electrons. The third-order valence-electron chi connectivity index (χ3n) is 1.80. The zero-order chi connectivity index (χ0) is 13.1. The van der Waals surface area contributed by atoms with Gasteiger partial charge >= 0.3 is 6.18 Å². The molecule has 0 aliphatic rings. The van der Waals surface area contributed by atoms with Crippen LogP contribution in [0.2, 0.25) is 0 Å². The summed E-state index contributed by atoms with van der Waals surface area (Å²) in [5.74, 6) is -2.23. The van der Waals surface area contributed by atoms with Crippen LogP contribution < -0.4 is 14.6 Å². The second-order valence-corrected chi connectivity index (χ2v) is 3.03. The van der Waals surface area contributed by atoms with Crippen molar-refractivity contribution in [3.05, 3.63) is 23.8 Å². The monoisotopic (exact) mass is 249 g/mol. The van der Waals surface area contributed by atoms with Gasteiger partial charge in [-0.15, -0.1) is 0 Å². The lowest BCUT2D eigenvalue weighted by Gasteiger charge is -2.16. The van der Waals surface area contributed by atoms with E-state index < -0.39 is 30.1 Å². The van der Waals surface area contributed by atoms with Gasteiger partial charge in [0, 0.05) is 5.56 Å². The zero-order valence-electron chi connectivity index (χ0n) is 8.71. The number of carbonyl (C=O) groups excluding carboxylic acids is 1. The number of alkyl halides is 3. The van der Waals surface area contributed by atoms with E-state index in [1.165, 1.54) is 19.2 Å². The van der Waals surface area contributed by atoms with Crippen molar-refractivity contribution in [3.63, 3.8) is 0 Å². The van der Waals surface area contributed by atoms with Crippen LogP contribution in [-0.2, 0) is 0 Å². The minimum absolute atomic E-state index is 0.101. The lowest BCUT2D eigenvalue weighted by atomic mass is 10.2. The summed E-state index contributed by atoms with van der Waals surface area (Å²) >= 11 is 0. The Hall–Kier alpha value is -1.92. The third kappa shape index (κ3) is 3.54. The van der Waals surface area contributed by atoms with Crippen molar-refractivity contribution in [1.82, 2.24) is 0 Å². The van der Waals surface area contributed by atoms with Crippen LogP contribution in [0.1, 0.15) is 10.4 Å². The van der Waals surface area contributed by atoms with Crippen molar-refractivity contribution in [1.29, 1.82) is 0 Å². The third-order valence-corrected chi connectivity index (χ3v) is 1.80. The normalized spacial score (nSPS) is 11.1. The number of para-hydroxylation sites is 1. The van der Waals surface area contributed by atoms with Crippen molar-refractivity contribution >= 4 is 5.97 Å². The van der Waals surface area contributed by atoms with Gasteiger partial charge in [0.1, 0.15) is 0 Å². The van der Waals surface area contributed by atoms with Gasteiger partial charge in [-0.25, -0.2) is 0 Å². The first-order valence-corrected chi connectivity index (χ1v) is 4.43. The molecule has 0 heterocycles. The first kappa shape index (κ1) is 13.1. The van der Waals surface area contributed by atoms with Crippen LogP contribution in [0.3, 0.4) is 0 Å². The van der Waals surface area contributed by atoms with Crippen LogP contribution in [-0.4, -0.2) is 25.9 Å². The standard InChI is InChI=1S/C10H9F3O4/c1-16-7-4-2-3-6(9(14)15)8(7)17-5-10(11,12)13/h2-4H,5H2,1H3,(H,14,15)/p-1. The molecule has 0 spiro atoms. The maximum Gasteiger partial charge on any atom is 0.422 e. The number of carbonyl (C=O) groups is 1. The maximum atomic E-state index is 12.0. The molecule has 0 aliphatic carbocycles. The molecule has 4 nitrogen and oxygen atoms in total. The summed E-state index contributed by atoms with van der Waals surface area (Å²) < 4.78 is 45.1. The molecule has 17 heavy (non-hydrogen) atoms. The number of halogens is 3. The van der Waals surface area contributed by atoms with Crippen LogP contribution in [0, 0.1) is 0 Å². The molecule has 7 heteroatoms. The molecule has 1 aromatic rings. The predicted octanol–water partition coefficient (Wildman–Crippen LogP) is 1.000. The van der Waals surface area contributed by atoms with Gasteiger partial charge in [0.25, 0.3) is 0 Å². The van der Waals surface area contributed by atoms with Crippen LogP contribution in [0.15, 0.2) is 18.2 Å². The van der Waals surface area contributed by atoms with E-state index in [1.54, 1.807) is 0 Å². The molecular weight excluding hydrogens is 241 g/mol. The van der Waals surface area contributed by atoms with Gasteiger partial charge in [-0.2, -0.15) is 13.2 Å². The Bertz CT molecular complexity index is 415. The topological polar surface area (TPSA) is 58.6 Å². The Balaban J connectivity index is 3.05. The van der Waals surface area contributed by atoms with Gasteiger partial charge in [0.05, 0.1) is 13.1 Å². The smallest absolute Gasteiger partial charge is 0.422 e. The molecule has 0 atom stereocenters. The molecule has 0 saturated heterocycles. The number of hydrogen-bond acceptors (Lipinski definition) is 4. The van der Waals surface area contributed by atoms with Crippen LogP contribution in [0.5, 0.6) is 11.5 Å². The Labute approximate surface area is 94.6 Å². The van der Waals surface area contributed by atoms with E-state index in [9.17, 15) is 23.1 Å². The van der Waals surface area contributed by atoms with E-state index in [0.29, 0.717) is 0 Å². The van der Waals surface area contributed by atoms with Gasteiger partial charge in [-0.3, -0.25) is 0 Å². The molecule has 0 saturated carbocycles. The van der Waals surface area contributed by atoms with Crippen LogP contribution in [0.25, 0.3) is 0 Å². The summed E-state index contributed by atoms with van der Waals surface area (Å²) in [7, 11) is 1.19. The molecule has 0 aromatic heterocycles. The van der Waals surface area contributed by atoms with Gasteiger partial charge in [0.15, 0.2) is 18.1 Å². The largest absolute Gasteiger partial charge is 0.545 e. The van der Waals surface area contributed by atoms with Gasteiger partial charge in [-0.05, 0) is 12.1 Å². The summed E-state index contributed by atoms with van der Waals surface area (Å²) in [4.78, 5) is 10.7. The molecule has 0 amide bonds. The first-order valence-electron chi connectivity index (χ1n) is 4.43. The Kier molecular flexibility index (Phi) is 3.82. The highest BCUT2D eigenvalue weighted by molar-refractivity contribution is 5.90. The molecule has 1 rings (SSSR count). The SMILES string of the molecule is COc1cccc(C(=O)[O-])c1OCC(F)(F)F. The second-order valence-electron chi connectivity index (χ2n) is 3.03. The Morgan fingerprint density at radius 2 is 2.06 bits per heavy atom. The number of hydrogen-bond donors (Lipinski definition) is 0. The Morgan fingerprint density at radius 1 is 1.41 bits per heavy atom.